The molecule has 0 aromatic rings. The standard InChI is InChI=1S/C9H16N2O3/c1-11(2,3)4-5-6(8(10)12)7(5)9(13)14/h5-7H,4H2,1-3H3,(H2-,10,12,13,14)/p+1/t5-,6-,7+/m0/s1. The van der Waals surface area contributed by atoms with Gasteiger partial charge >= 0.3 is 5.97 Å². The first-order valence-corrected chi connectivity index (χ1v) is 4.56. The summed E-state index contributed by atoms with van der Waals surface area (Å²) < 4.78 is 0.651. The molecule has 0 radical (unpaired) electrons. The van der Waals surface area contributed by atoms with Gasteiger partial charge in [-0.25, -0.2) is 0 Å². The van der Waals surface area contributed by atoms with Crippen molar-refractivity contribution in [2.45, 2.75) is 0 Å². The number of hydrogen-bond acceptors (Lipinski definition) is 2. The van der Waals surface area contributed by atoms with Crippen molar-refractivity contribution in [2.24, 2.45) is 23.5 Å². The quantitative estimate of drug-likeness (QED) is 0.580. The van der Waals surface area contributed by atoms with Crippen LogP contribution in [0.2, 0.25) is 0 Å². The van der Waals surface area contributed by atoms with Gasteiger partial charge in [0.15, 0.2) is 0 Å². The lowest BCUT2D eigenvalue weighted by Crippen LogP contribution is -2.37. The van der Waals surface area contributed by atoms with Gasteiger partial charge < -0.3 is 15.3 Å². The Bertz CT molecular complexity index is 250. The molecule has 0 aromatic carbocycles. The summed E-state index contributed by atoms with van der Waals surface area (Å²) in [6, 6.07) is 0. The monoisotopic (exact) mass is 201 g/mol. The van der Waals surface area contributed by atoms with Crippen molar-refractivity contribution in [3.8, 4) is 0 Å². The van der Waals surface area contributed by atoms with E-state index in [4.69, 9.17) is 10.8 Å². The zero-order chi connectivity index (χ0) is 11.1. The third-order valence-corrected chi connectivity index (χ3v) is 2.54. The SMILES string of the molecule is C[N+](C)(C)C[C@@H]1[C@@H](C(=O)O)[C@H]1C(N)=O. The molecule has 1 aliphatic rings. The number of amides is 1. The molecule has 5 nitrogen and oxygen atoms in total. The van der Waals surface area contributed by atoms with Gasteiger partial charge in [-0.15, -0.1) is 0 Å². The van der Waals surface area contributed by atoms with Crippen molar-refractivity contribution in [2.75, 3.05) is 27.7 Å². The van der Waals surface area contributed by atoms with Crippen LogP contribution in [0, 0.1) is 17.8 Å². The van der Waals surface area contributed by atoms with Gasteiger partial charge in [0.05, 0.1) is 39.5 Å². The average Bonchev–Trinajstić information content (AvgIpc) is 2.57. The van der Waals surface area contributed by atoms with Crippen molar-refractivity contribution in [3.05, 3.63) is 0 Å². The van der Waals surface area contributed by atoms with E-state index in [2.05, 4.69) is 0 Å². The number of aliphatic carboxylic acids is 1. The summed E-state index contributed by atoms with van der Waals surface area (Å²) in [7, 11) is 5.90. The number of nitrogens with two attached hydrogens (primary N) is 1. The molecule has 1 aliphatic carbocycles. The first-order chi connectivity index (χ1) is 6.24. The Kier molecular flexibility index (Phi) is 2.54. The van der Waals surface area contributed by atoms with Crippen LogP contribution in [0.25, 0.3) is 0 Å². The van der Waals surface area contributed by atoms with Crippen LogP contribution in [-0.2, 0) is 9.59 Å². The number of carboxylic acids is 1. The number of primary amides is 1. The number of rotatable bonds is 4. The van der Waals surface area contributed by atoms with Crippen LogP contribution in [0.3, 0.4) is 0 Å². The van der Waals surface area contributed by atoms with Crippen molar-refractivity contribution in [1.29, 1.82) is 0 Å². The Morgan fingerprint density at radius 3 is 2.00 bits per heavy atom. The summed E-state index contributed by atoms with van der Waals surface area (Å²) in [5, 5.41) is 8.83. The third kappa shape index (κ3) is 2.23. The van der Waals surface area contributed by atoms with E-state index in [0.717, 1.165) is 0 Å². The fourth-order valence-corrected chi connectivity index (χ4v) is 1.96. The number of quaternary nitrogens is 1. The minimum Gasteiger partial charge on any atom is -0.481 e. The highest BCUT2D eigenvalue weighted by Gasteiger charge is 2.60. The van der Waals surface area contributed by atoms with E-state index in [1.54, 1.807) is 0 Å². The molecule has 1 amide bonds. The zero-order valence-corrected chi connectivity index (χ0v) is 8.73. The van der Waals surface area contributed by atoms with Gasteiger partial charge in [-0.2, -0.15) is 0 Å². The van der Waals surface area contributed by atoms with Crippen LogP contribution >= 0.6 is 0 Å². The number of hydrogen-bond donors (Lipinski definition) is 2. The van der Waals surface area contributed by atoms with Crippen LogP contribution in [-0.4, -0.2) is 49.2 Å². The lowest BCUT2D eigenvalue weighted by molar-refractivity contribution is -0.872. The van der Waals surface area contributed by atoms with Gasteiger partial charge in [0.25, 0.3) is 0 Å². The van der Waals surface area contributed by atoms with Crippen molar-refractivity contribution < 1.29 is 19.2 Å². The van der Waals surface area contributed by atoms with E-state index in [1.165, 1.54) is 0 Å². The summed E-state index contributed by atoms with van der Waals surface area (Å²) in [5.74, 6) is -2.53. The van der Waals surface area contributed by atoms with Crippen molar-refractivity contribution in [3.63, 3.8) is 0 Å². The Hall–Kier alpha value is -1.10. The first-order valence-electron chi connectivity index (χ1n) is 4.56. The van der Waals surface area contributed by atoms with Gasteiger partial charge in [0.1, 0.15) is 0 Å². The Labute approximate surface area is 83.1 Å². The molecule has 0 unspecified atom stereocenters. The summed E-state index contributed by atoms with van der Waals surface area (Å²) in [4.78, 5) is 21.7. The smallest absolute Gasteiger partial charge is 0.307 e. The number of nitrogens with zero attached hydrogens (tertiary/aromatic N) is 1. The lowest BCUT2D eigenvalue weighted by atomic mass is 10.3. The van der Waals surface area contributed by atoms with Gasteiger partial charge in [0, 0.05) is 5.92 Å². The van der Waals surface area contributed by atoms with E-state index in [0.29, 0.717) is 11.0 Å². The Morgan fingerprint density at radius 1 is 1.29 bits per heavy atom. The molecule has 0 saturated heterocycles. The molecule has 14 heavy (non-hydrogen) atoms. The molecule has 80 valence electrons. The average molecular weight is 201 g/mol. The van der Waals surface area contributed by atoms with Crippen molar-refractivity contribution in [1.82, 2.24) is 0 Å². The second kappa shape index (κ2) is 3.24. The molecular formula is C9H17N2O3+. The third-order valence-electron chi connectivity index (χ3n) is 2.54. The minimum atomic E-state index is -0.910. The van der Waals surface area contributed by atoms with Gasteiger partial charge in [-0.1, -0.05) is 0 Å². The molecule has 0 spiro atoms. The van der Waals surface area contributed by atoms with Gasteiger partial charge in [-0.05, 0) is 0 Å². The number of carbonyl (C=O) groups is 2. The topological polar surface area (TPSA) is 80.4 Å². The Balaban J connectivity index is 2.64. The largest absolute Gasteiger partial charge is 0.481 e. The zero-order valence-electron chi connectivity index (χ0n) is 8.73. The normalized spacial score (nSPS) is 31.2. The maximum absolute atomic E-state index is 10.9. The van der Waals surface area contributed by atoms with E-state index in [9.17, 15) is 9.59 Å². The van der Waals surface area contributed by atoms with Crippen LogP contribution in [0.5, 0.6) is 0 Å². The molecule has 0 aliphatic heterocycles. The summed E-state index contributed by atoms with van der Waals surface area (Å²) >= 11 is 0. The molecule has 1 rings (SSSR count). The Morgan fingerprint density at radius 2 is 1.79 bits per heavy atom. The molecule has 1 saturated carbocycles. The minimum absolute atomic E-state index is 0.0926. The number of carboxylic acid groups (broad SMARTS) is 1. The van der Waals surface area contributed by atoms with Gasteiger partial charge in [-0.3, -0.25) is 9.59 Å². The highest BCUT2D eigenvalue weighted by molar-refractivity contribution is 5.89. The highest BCUT2D eigenvalue weighted by Crippen LogP contribution is 2.47. The molecule has 3 atom stereocenters. The van der Waals surface area contributed by atoms with Crippen LogP contribution < -0.4 is 5.73 Å². The summed E-state index contributed by atoms with van der Waals surface area (Å²) in [6.45, 7) is 0.671. The fourth-order valence-electron chi connectivity index (χ4n) is 1.96. The van der Waals surface area contributed by atoms with Gasteiger partial charge in [0.2, 0.25) is 5.91 Å². The molecule has 5 heteroatoms. The van der Waals surface area contributed by atoms with Crippen LogP contribution in [0.4, 0.5) is 0 Å². The summed E-state index contributed by atoms with van der Waals surface area (Å²) in [6.07, 6.45) is 0. The maximum atomic E-state index is 10.9. The van der Waals surface area contributed by atoms with E-state index >= 15 is 0 Å². The predicted octanol–water partition coefficient (Wildman–Crippen LogP) is -0.875. The second-order valence-electron chi connectivity index (χ2n) is 4.93. The molecular weight excluding hydrogens is 184 g/mol. The second-order valence-corrected chi connectivity index (χ2v) is 4.93. The van der Waals surface area contributed by atoms with Crippen LogP contribution in [0.1, 0.15) is 0 Å². The molecule has 3 N–H and O–H groups in total. The number of carbonyl (C=O) groups excluding carboxylic acids is 1. The highest BCUT2D eigenvalue weighted by atomic mass is 16.4. The lowest BCUT2D eigenvalue weighted by Gasteiger charge is -2.23. The van der Waals surface area contributed by atoms with E-state index in [-0.39, 0.29) is 5.92 Å². The summed E-state index contributed by atoms with van der Waals surface area (Å²) in [5.41, 5.74) is 5.13. The first kappa shape index (κ1) is 11.0. The van der Waals surface area contributed by atoms with E-state index in [1.807, 2.05) is 21.1 Å². The molecule has 0 bridgehead atoms. The van der Waals surface area contributed by atoms with Crippen molar-refractivity contribution >= 4 is 11.9 Å². The maximum Gasteiger partial charge on any atom is 0.307 e. The predicted molar refractivity (Wildman–Crippen MR) is 50.2 cm³/mol. The molecule has 0 heterocycles. The molecule has 0 aromatic heterocycles. The molecule has 1 fully saturated rings. The van der Waals surface area contributed by atoms with Crippen LogP contribution in [0.15, 0.2) is 0 Å². The fraction of sp³-hybridized carbons (Fsp3) is 0.778. The van der Waals surface area contributed by atoms with E-state index < -0.39 is 23.7 Å².